The second kappa shape index (κ2) is 5.61. The molecular weight excluding hydrogens is 300 g/mol. The summed E-state index contributed by atoms with van der Waals surface area (Å²) in [5.41, 5.74) is -0.587. The smallest absolute Gasteiger partial charge is 0.346 e. The van der Waals surface area contributed by atoms with Crippen LogP contribution < -0.4 is 4.74 Å². The molecule has 0 saturated heterocycles. The average molecular weight is 317 g/mol. The van der Waals surface area contributed by atoms with Gasteiger partial charge in [0.05, 0.1) is 11.1 Å². The Morgan fingerprint density at radius 1 is 1.39 bits per heavy atom. The molecule has 0 atom stereocenters. The number of carbonyl (C=O) groups is 1. The molecule has 0 spiro atoms. The molecule has 0 unspecified atom stereocenters. The van der Waals surface area contributed by atoms with E-state index in [0.29, 0.717) is 16.8 Å². The van der Waals surface area contributed by atoms with Gasteiger partial charge in [-0.05, 0) is 55.8 Å². The first kappa shape index (κ1) is 14.8. The quantitative estimate of drug-likeness (QED) is 0.867. The van der Waals surface area contributed by atoms with Gasteiger partial charge in [0.25, 0.3) is 0 Å². The van der Waals surface area contributed by atoms with Gasteiger partial charge in [-0.1, -0.05) is 0 Å². The molecule has 1 aromatic rings. The Morgan fingerprint density at radius 3 is 2.50 bits per heavy atom. The predicted molar refractivity (Wildman–Crippen MR) is 72.1 cm³/mol. The van der Waals surface area contributed by atoms with Crippen LogP contribution in [0.25, 0.3) is 0 Å². The zero-order valence-electron chi connectivity index (χ0n) is 10.9. The number of carbonyl (C=O) groups excluding carboxylic acids is 1. The van der Waals surface area contributed by atoms with Crippen molar-refractivity contribution < 1.29 is 19.4 Å². The van der Waals surface area contributed by atoms with Gasteiger partial charge in [-0.15, -0.1) is 0 Å². The Bertz CT molecular complexity index is 449. The third-order valence-corrected chi connectivity index (χ3v) is 2.63. The summed E-state index contributed by atoms with van der Waals surface area (Å²) in [6, 6.07) is 3.24. The van der Waals surface area contributed by atoms with Crippen molar-refractivity contribution in [3.8, 4) is 11.5 Å². The fourth-order valence-electron chi connectivity index (χ4n) is 1.35. The Hall–Kier alpha value is -1.23. The van der Waals surface area contributed by atoms with Crippen LogP contribution in [-0.2, 0) is 4.74 Å². The number of aromatic hydroxyl groups is 1. The molecule has 0 heterocycles. The number of halogens is 1. The minimum Gasteiger partial charge on any atom is -0.506 e. The molecule has 0 radical (unpaired) electrons. The van der Waals surface area contributed by atoms with Crippen LogP contribution in [0.2, 0.25) is 0 Å². The van der Waals surface area contributed by atoms with Gasteiger partial charge in [-0.25, -0.2) is 4.79 Å². The summed E-state index contributed by atoms with van der Waals surface area (Å²) in [7, 11) is 0. The van der Waals surface area contributed by atoms with Crippen molar-refractivity contribution in [1.29, 1.82) is 0 Å². The number of ether oxygens (including phenoxy) is 2. The number of esters is 1. The Kier molecular flexibility index (Phi) is 4.62. The van der Waals surface area contributed by atoms with E-state index in [9.17, 15) is 9.90 Å². The molecule has 0 saturated carbocycles. The zero-order valence-corrected chi connectivity index (χ0v) is 12.5. The summed E-state index contributed by atoms with van der Waals surface area (Å²) in [6.45, 7) is 7.50. The van der Waals surface area contributed by atoms with Crippen LogP contribution in [0.5, 0.6) is 11.5 Å². The minimum absolute atomic E-state index is 0.0427. The van der Waals surface area contributed by atoms with Crippen LogP contribution in [0.3, 0.4) is 0 Å². The summed E-state index contributed by atoms with van der Waals surface area (Å²) < 4.78 is 11.0. The molecule has 4 nitrogen and oxygen atoms in total. The van der Waals surface area contributed by atoms with Gasteiger partial charge in [0, 0.05) is 0 Å². The van der Waals surface area contributed by atoms with Gasteiger partial charge < -0.3 is 14.6 Å². The van der Waals surface area contributed by atoms with Gasteiger partial charge in [-0.2, -0.15) is 0 Å². The van der Waals surface area contributed by atoms with Gasteiger partial charge in [0.2, 0.25) is 0 Å². The lowest BCUT2D eigenvalue weighted by Crippen LogP contribution is -2.24. The van der Waals surface area contributed by atoms with Crippen LogP contribution in [0.1, 0.15) is 38.1 Å². The van der Waals surface area contributed by atoms with E-state index in [1.807, 2.05) is 0 Å². The highest BCUT2D eigenvalue weighted by Gasteiger charge is 2.25. The molecule has 0 aliphatic carbocycles. The highest BCUT2D eigenvalue weighted by atomic mass is 79.9. The Labute approximate surface area is 115 Å². The van der Waals surface area contributed by atoms with Crippen molar-refractivity contribution in [2.75, 3.05) is 6.61 Å². The van der Waals surface area contributed by atoms with Crippen LogP contribution in [0, 0.1) is 0 Å². The summed E-state index contributed by atoms with van der Waals surface area (Å²) >= 11 is 3.17. The van der Waals surface area contributed by atoms with Crippen molar-refractivity contribution in [2.45, 2.75) is 33.3 Å². The molecule has 1 aromatic carbocycles. The van der Waals surface area contributed by atoms with Gasteiger partial charge in [0.1, 0.15) is 22.7 Å². The molecule has 0 aromatic heterocycles. The summed E-state index contributed by atoms with van der Waals surface area (Å²) in [6.07, 6.45) is 0. The molecule has 0 bridgehead atoms. The molecule has 1 N–H and O–H groups in total. The van der Waals surface area contributed by atoms with E-state index in [1.165, 1.54) is 0 Å². The number of phenols is 1. The van der Waals surface area contributed by atoms with E-state index >= 15 is 0 Å². The second-order valence-electron chi connectivity index (χ2n) is 4.70. The zero-order chi connectivity index (χ0) is 13.9. The molecule has 0 fully saturated rings. The maximum absolute atomic E-state index is 12.0. The molecule has 0 aliphatic heterocycles. The van der Waals surface area contributed by atoms with E-state index < -0.39 is 11.6 Å². The van der Waals surface area contributed by atoms with Crippen molar-refractivity contribution in [2.24, 2.45) is 0 Å². The van der Waals surface area contributed by atoms with Crippen molar-refractivity contribution in [3.05, 3.63) is 22.2 Å². The molecule has 5 heteroatoms. The number of rotatable bonds is 3. The van der Waals surface area contributed by atoms with Crippen LogP contribution in [-0.4, -0.2) is 23.3 Å². The summed E-state index contributed by atoms with van der Waals surface area (Å²) in [4.78, 5) is 12.0. The molecule has 0 amide bonds. The largest absolute Gasteiger partial charge is 0.506 e. The molecule has 100 valence electrons. The number of phenolic OH excluding ortho intramolecular Hbond substituents is 1. The third-order valence-electron chi connectivity index (χ3n) is 1.99. The average Bonchev–Trinajstić information content (AvgIpc) is 2.21. The standard InChI is InChI=1S/C13H17BrO4/c1-5-17-9-7-6-8(14)11(15)10(9)12(16)18-13(2,3)4/h6-7,15H,5H2,1-4H3. The van der Waals surface area contributed by atoms with E-state index in [2.05, 4.69) is 15.9 Å². The van der Waals surface area contributed by atoms with Gasteiger partial charge in [0.15, 0.2) is 0 Å². The number of benzene rings is 1. The molecule has 0 aliphatic rings. The summed E-state index contributed by atoms with van der Waals surface area (Å²) in [5, 5.41) is 9.94. The molecule has 1 rings (SSSR count). The van der Waals surface area contributed by atoms with E-state index in [-0.39, 0.29) is 11.3 Å². The minimum atomic E-state index is -0.630. The highest BCUT2D eigenvalue weighted by molar-refractivity contribution is 9.10. The lowest BCUT2D eigenvalue weighted by atomic mass is 10.1. The van der Waals surface area contributed by atoms with Crippen molar-refractivity contribution in [1.82, 2.24) is 0 Å². The van der Waals surface area contributed by atoms with Gasteiger partial charge >= 0.3 is 5.97 Å². The van der Waals surface area contributed by atoms with Crippen LogP contribution in [0.4, 0.5) is 0 Å². The number of hydrogen-bond donors (Lipinski definition) is 1. The third kappa shape index (κ3) is 3.63. The second-order valence-corrected chi connectivity index (χ2v) is 5.56. The number of hydrogen-bond acceptors (Lipinski definition) is 4. The van der Waals surface area contributed by atoms with E-state index in [0.717, 1.165) is 0 Å². The van der Waals surface area contributed by atoms with E-state index in [4.69, 9.17) is 9.47 Å². The molecule has 18 heavy (non-hydrogen) atoms. The highest BCUT2D eigenvalue weighted by Crippen LogP contribution is 2.36. The Morgan fingerprint density at radius 2 is 2.00 bits per heavy atom. The van der Waals surface area contributed by atoms with Crippen LogP contribution in [0.15, 0.2) is 16.6 Å². The monoisotopic (exact) mass is 316 g/mol. The first-order valence-corrected chi connectivity index (χ1v) is 6.43. The first-order chi connectivity index (χ1) is 8.26. The maximum Gasteiger partial charge on any atom is 0.346 e. The van der Waals surface area contributed by atoms with Crippen molar-refractivity contribution >= 4 is 21.9 Å². The SMILES string of the molecule is CCOc1ccc(Br)c(O)c1C(=O)OC(C)(C)C. The van der Waals surface area contributed by atoms with Gasteiger partial charge in [-0.3, -0.25) is 0 Å². The predicted octanol–water partition coefficient (Wildman–Crippen LogP) is 3.51. The van der Waals surface area contributed by atoms with Crippen LogP contribution >= 0.6 is 15.9 Å². The van der Waals surface area contributed by atoms with E-state index in [1.54, 1.807) is 39.8 Å². The lowest BCUT2D eigenvalue weighted by molar-refractivity contribution is 0.00630. The fourth-order valence-corrected chi connectivity index (χ4v) is 1.68. The summed E-state index contributed by atoms with van der Waals surface area (Å²) in [5.74, 6) is -0.465. The molecular formula is C13H17BrO4. The topological polar surface area (TPSA) is 55.8 Å². The Balaban J connectivity index is 3.19. The normalized spacial score (nSPS) is 11.2. The lowest BCUT2D eigenvalue weighted by Gasteiger charge is -2.21. The fraction of sp³-hybridized carbons (Fsp3) is 0.462. The first-order valence-electron chi connectivity index (χ1n) is 5.64. The maximum atomic E-state index is 12.0. The van der Waals surface area contributed by atoms with Crippen molar-refractivity contribution in [3.63, 3.8) is 0 Å².